The van der Waals surface area contributed by atoms with E-state index in [1.54, 1.807) is 18.2 Å². The minimum Gasteiger partial charge on any atom is -0.452 e. The lowest BCUT2D eigenvalue weighted by atomic mass is 10.3. The molecule has 3 rings (SSSR count). The maximum absolute atomic E-state index is 12.4. The monoisotopic (exact) mass is 525 g/mol. The first-order valence-electron chi connectivity index (χ1n) is 8.50. The van der Waals surface area contributed by atoms with Crippen molar-refractivity contribution in [2.75, 3.05) is 19.0 Å². The zero-order valence-corrected chi connectivity index (χ0v) is 18.2. The Morgan fingerprint density at radius 2 is 2.00 bits per heavy atom. The second kappa shape index (κ2) is 9.35. The summed E-state index contributed by atoms with van der Waals surface area (Å²) in [5, 5.41) is 2.27. The molecule has 0 radical (unpaired) electrons. The average Bonchev–Trinajstić information content (AvgIpc) is 2.95. The molecule has 0 aliphatic carbocycles. The molecule has 0 spiro atoms. The molecule has 0 bridgehead atoms. The SMILES string of the molecule is CN1C(=O)CC(Sc2ncccc2C(=O)OCC(=O)Nc2ccc(I)cc2)C1=O. The number of hydrogen-bond acceptors (Lipinski definition) is 7. The Morgan fingerprint density at radius 3 is 2.66 bits per heavy atom. The lowest BCUT2D eigenvalue weighted by Crippen LogP contribution is -2.26. The fourth-order valence-electron chi connectivity index (χ4n) is 2.53. The fourth-order valence-corrected chi connectivity index (χ4v) is 4.04. The summed E-state index contributed by atoms with van der Waals surface area (Å²) < 4.78 is 6.12. The van der Waals surface area contributed by atoms with Crippen LogP contribution in [0.25, 0.3) is 0 Å². The molecule has 1 aliphatic rings. The van der Waals surface area contributed by atoms with Crippen molar-refractivity contribution >= 4 is 63.7 Å². The number of imide groups is 1. The lowest BCUT2D eigenvalue weighted by molar-refractivity contribution is -0.136. The van der Waals surface area contributed by atoms with Crippen LogP contribution in [0.4, 0.5) is 5.69 Å². The maximum atomic E-state index is 12.4. The number of hydrogen-bond donors (Lipinski definition) is 1. The molecule has 1 atom stereocenters. The molecule has 1 aliphatic heterocycles. The van der Waals surface area contributed by atoms with Crippen molar-refractivity contribution in [3.63, 3.8) is 0 Å². The number of halogens is 1. The van der Waals surface area contributed by atoms with E-state index in [1.165, 1.54) is 19.3 Å². The number of pyridine rings is 1. The van der Waals surface area contributed by atoms with Crippen LogP contribution in [0.3, 0.4) is 0 Å². The van der Waals surface area contributed by atoms with Crippen LogP contribution in [0.2, 0.25) is 0 Å². The molecule has 29 heavy (non-hydrogen) atoms. The van der Waals surface area contributed by atoms with Crippen molar-refractivity contribution in [2.45, 2.75) is 16.7 Å². The fraction of sp³-hybridized carbons (Fsp3) is 0.211. The van der Waals surface area contributed by atoms with E-state index in [-0.39, 0.29) is 28.8 Å². The highest BCUT2D eigenvalue weighted by molar-refractivity contribution is 14.1. The molecule has 1 saturated heterocycles. The quantitative estimate of drug-likeness (QED) is 0.351. The van der Waals surface area contributed by atoms with Crippen molar-refractivity contribution in [1.82, 2.24) is 9.88 Å². The van der Waals surface area contributed by atoms with Crippen LogP contribution in [0.15, 0.2) is 47.6 Å². The maximum Gasteiger partial charge on any atom is 0.341 e. The number of carbonyl (C=O) groups is 4. The van der Waals surface area contributed by atoms with Gasteiger partial charge in [-0.25, -0.2) is 9.78 Å². The van der Waals surface area contributed by atoms with Crippen molar-refractivity contribution < 1.29 is 23.9 Å². The van der Waals surface area contributed by atoms with Crippen LogP contribution in [0.1, 0.15) is 16.8 Å². The molecule has 1 unspecified atom stereocenters. The summed E-state index contributed by atoms with van der Waals surface area (Å²) in [7, 11) is 1.42. The normalized spacial score (nSPS) is 16.1. The second-order valence-electron chi connectivity index (χ2n) is 6.09. The van der Waals surface area contributed by atoms with E-state index in [4.69, 9.17) is 4.74 Å². The molecule has 1 N–H and O–H groups in total. The third kappa shape index (κ3) is 5.32. The average molecular weight is 525 g/mol. The molecule has 150 valence electrons. The number of esters is 1. The molecule has 1 fully saturated rings. The third-order valence-corrected chi connectivity index (χ3v) is 5.97. The second-order valence-corrected chi connectivity index (χ2v) is 8.53. The van der Waals surface area contributed by atoms with Gasteiger partial charge in [0.15, 0.2) is 6.61 Å². The first-order chi connectivity index (χ1) is 13.8. The summed E-state index contributed by atoms with van der Waals surface area (Å²) in [5.74, 6) is -1.82. The standard InChI is InChI=1S/C19H16IN3O5S/c1-23-16(25)9-14(18(23)26)29-17-13(3-2-8-21-17)19(27)28-10-15(24)22-12-6-4-11(20)5-7-12/h2-8,14H,9-10H2,1H3,(H,22,24). The summed E-state index contributed by atoms with van der Waals surface area (Å²) in [6.07, 6.45) is 1.52. The Hall–Kier alpha value is -2.47. The first kappa shape index (κ1) is 21.2. The minimum atomic E-state index is -0.733. The topological polar surface area (TPSA) is 106 Å². The Kier molecular flexibility index (Phi) is 6.85. The Bertz CT molecular complexity index is 967. The summed E-state index contributed by atoms with van der Waals surface area (Å²) in [6.45, 7) is -0.465. The van der Waals surface area contributed by atoms with Gasteiger partial charge in [-0.1, -0.05) is 11.8 Å². The largest absolute Gasteiger partial charge is 0.452 e. The highest BCUT2D eigenvalue weighted by atomic mass is 127. The third-order valence-electron chi connectivity index (χ3n) is 4.05. The van der Waals surface area contributed by atoms with Gasteiger partial charge >= 0.3 is 5.97 Å². The van der Waals surface area contributed by atoms with Gasteiger partial charge in [0.1, 0.15) is 5.03 Å². The van der Waals surface area contributed by atoms with Crippen molar-refractivity contribution in [1.29, 1.82) is 0 Å². The number of ether oxygens (including phenoxy) is 1. The van der Waals surface area contributed by atoms with Crippen LogP contribution >= 0.6 is 34.4 Å². The molecule has 1 aromatic heterocycles. The molecule has 2 heterocycles. The number of amides is 3. The van der Waals surface area contributed by atoms with Gasteiger partial charge < -0.3 is 10.1 Å². The number of rotatable bonds is 6. The zero-order valence-electron chi connectivity index (χ0n) is 15.3. The molecular weight excluding hydrogens is 509 g/mol. The number of benzene rings is 1. The highest BCUT2D eigenvalue weighted by Gasteiger charge is 2.37. The van der Waals surface area contributed by atoms with Gasteiger partial charge in [0.2, 0.25) is 11.8 Å². The predicted molar refractivity (Wildman–Crippen MR) is 114 cm³/mol. The van der Waals surface area contributed by atoms with Crippen LogP contribution < -0.4 is 5.32 Å². The van der Waals surface area contributed by atoms with Gasteiger partial charge in [-0.3, -0.25) is 19.3 Å². The number of aromatic nitrogens is 1. The molecule has 3 amide bonds. The minimum absolute atomic E-state index is 0.0451. The van der Waals surface area contributed by atoms with Crippen LogP contribution in [0.5, 0.6) is 0 Å². The van der Waals surface area contributed by atoms with E-state index in [1.807, 2.05) is 12.1 Å². The lowest BCUT2D eigenvalue weighted by Gasteiger charge is -2.11. The number of likely N-dealkylation sites (tertiary alicyclic amines) is 1. The number of anilines is 1. The Labute approximate surface area is 184 Å². The van der Waals surface area contributed by atoms with Crippen LogP contribution in [-0.4, -0.2) is 52.5 Å². The van der Waals surface area contributed by atoms with E-state index >= 15 is 0 Å². The molecule has 10 heteroatoms. The van der Waals surface area contributed by atoms with E-state index in [9.17, 15) is 19.2 Å². The van der Waals surface area contributed by atoms with Gasteiger partial charge in [-0.2, -0.15) is 0 Å². The Balaban J connectivity index is 1.61. The first-order valence-corrected chi connectivity index (χ1v) is 10.5. The summed E-state index contributed by atoms with van der Waals surface area (Å²) in [6, 6.07) is 10.2. The van der Waals surface area contributed by atoms with E-state index in [0.29, 0.717) is 5.69 Å². The summed E-state index contributed by atoms with van der Waals surface area (Å²) >= 11 is 3.19. The van der Waals surface area contributed by atoms with E-state index < -0.39 is 23.7 Å². The van der Waals surface area contributed by atoms with Gasteiger partial charge in [-0.05, 0) is 59.0 Å². The van der Waals surface area contributed by atoms with E-state index in [2.05, 4.69) is 32.9 Å². The molecule has 0 saturated carbocycles. The number of thioether (sulfide) groups is 1. The number of nitrogens with zero attached hydrogens (tertiary/aromatic N) is 2. The molecular formula is C19H16IN3O5S. The van der Waals surface area contributed by atoms with Gasteiger partial charge in [0, 0.05) is 28.9 Å². The van der Waals surface area contributed by atoms with Gasteiger partial charge in [-0.15, -0.1) is 0 Å². The summed E-state index contributed by atoms with van der Waals surface area (Å²) in [4.78, 5) is 53.4. The van der Waals surface area contributed by atoms with Crippen molar-refractivity contribution in [3.8, 4) is 0 Å². The number of nitrogens with one attached hydrogen (secondary N) is 1. The smallest absolute Gasteiger partial charge is 0.341 e. The van der Waals surface area contributed by atoms with E-state index in [0.717, 1.165) is 20.2 Å². The molecule has 2 aromatic rings. The predicted octanol–water partition coefficient (Wildman–Crippen LogP) is 2.33. The van der Waals surface area contributed by atoms with Crippen molar-refractivity contribution in [3.05, 3.63) is 51.7 Å². The summed E-state index contributed by atoms with van der Waals surface area (Å²) in [5.41, 5.74) is 0.729. The molecule has 1 aromatic carbocycles. The van der Waals surface area contributed by atoms with Gasteiger partial charge in [0.05, 0.1) is 10.8 Å². The zero-order chi connectivity index (χ0) is 21.0. The van der Waals surface area contributed by atoms with Crippen molar-refractivity contribution in [2.24, 2.45) is 0 Å². The molecule has 8 nitrogen and oxygen atoms in total. The Morgan fingerprint density at radius 1 is 1.28 bits per heavy atom. The van der Waals surface area contributed by atoms with Gasteiger partial charge in [0.25, 0.3) is 5.91 Å². The number of carbonyl (C=O) groups excluding carboxylic acids is 4. The highest BCUT2D eigenvalue weighted by Crippen LogP contribution is 2.31. The van der Waals surface area contributed by atoms with Crippen LogP contribution in [-0.2, 0) is 19.1 Å². The van der Waals surface area contributed by atoms with Crippen LogP contribution in [0, 0.1) is 3.57 Å².